The van der Waals surface area contributed by atoms with E-state index in [1.807, 2.05) is 31.0 Å². The molecule has 0 amide bonds. The van der Waals surface area contributed by atoms with Gasteiger partial charge in [-0.1, -0.05) is 0 Å². The number of hydrogen-bond donors (Lipinski definition) is 2. The monoisotopic (exact) mass is 281 g/mol. The minimum absolute atomic E-state index is 0.771. The Labute approximate surface area is 121 Å². The molecular formula is C14H27N5O. The molecule has 1 aromatic rings. The normalized spacial score (nSPS) is 11.7. The lowest BCUT2D eigenvalue weighted by atomic mass is 10.2. The van der Waals surface area contributed by atoms with Gasteiger partial charge in [-0.25, -0.2) is 0 Å². The van der Waals surface area contributed by atoms with Crippen molar-refractivity contribution in [1.29, 1.82) is 0 Å². The fraction of sp³-hybridized carbons (Fsp3) is 0.714. The Morgan fingerprint density at radius 2 is 2.25 bits per heavy atom. The molecule has 0 aromatic carbocycles. The first-order chi connectivity index (χ1) is 9.76. The van der Waals surface area contributed by atoms with E-state index in [1.54, 1.807) is 0 Å². The number of aryl methyl sites for hydroxylation is 1. The van der Waals surface area contributed by atoms with Gasteiger partial charge < -0.3 is 15.4 Å². The van der Waals surface area contributed by atoms with Crippen LogP contribution in [0.5, 0.6) is 0 Å². The standard InChI is InChI=1S/C14H27N5O/c1-4-15-14(16-8-6-10-20-5-2)17-9-7-13-11-18-19(3)12-13/h11-12H,4-10H2,1-3H3,(H2,15,16,17). The first-order valence-electron chi connectivity index (χ1n) is 7.33. The minimum Gasteiger partial charge on any atom is -0.382 e. The van der Waals surface area contributed by atoms with Crippen LogP contribution >= 0.6 is 0 Å². The highest BCUT2D eigenvalue weighted by Crippen LogP contribution is 1.96. The third-order valence-electron chi connectivity index (χ3n) is 2.73. The van der Waals surface area contributed by atoms with Gasteiger partial charge in [0.05, 0.1) is 6.20 Å². The zero-order valence-electron chi connectivity index (χ0n) is 12.9. The van der Waals surface area contributed by atoms with Gasteiger partial charge in [-0.15, -0.1) is 0 Å². The summed E-state index contributed by atoms with van der Waals surface area (Å²) in [6.45, 7) is 8.11. The van der Waals surface area contributed by atoms with Crippen molar-refractivity contribution in [1.82, 2.24) is 20.4 Å². The zero-order chi connectivity index (χ0) is 14.6. The summed E-state index contributed by atoms with van der Waals surface area (Å²) in [5, 5.41) is 10.7. The van der Waals surface area contributed by atoms with Crippen molar-refractivity contribution in [2.45, 2.75) is 26.7 Å². The number of aromatic nitrogens is 2. The quantitative estimate of drug-likeness (QED) is 0.402. The summed E-state index contributed by atoms with van der Waals surface area (Å²) in [4.78, 5) is 4.52. The van der Waals surface area contributed by atoms with Gasteiger partial charge in [0.1, 0.15) is 0 Å². The molecule has 0 aliphatic rings. The van der Waals surface area contributed by atoms with Gasteiger partial charge in [-0.3, -0.25) is 9.67 Å². The average Bonchev–Trinajstić information content (AvgIpc) is 2.84. The maximum Gasteiger partial charge on any atom is 0.191 e. The molecule has 0 spiro atoms. The predicted octanol–water partition coefficient (Wildman–Crippen LogP) is 0.944. The maximum atomic E-state index is 5.30. The highest BCUT2D eigenvalue weighted by atomic mass is 16.5. The van der Waals surface area contributed by atoms with Crippen molar-refractivity contribution in [3.8, 4) is 0 Å². The van der Waals surface area contributed by atoms with Gasteiger partial charge in [-0.2, -0.15) is 5.10 Å². The van der Waals surface area contributed by atoms with E-state index in [0.717, 1.165) is 51.6 Å². The third kappa shape index (κ3) is 7.13. The number of guanidine groups is 1. The van der Waals surface area contributed by atoms with Gasteiger partial charge in [0.15, 0.2) is 5.96 Å². The van der Waals surface area contributed by atoms with E-state index in [1.165, 1.54) is 5.56 Å². The molecule has 1 heterocycles. The molecule has 20 heavy (non-hydrogen) atoms. The molecule has 0 bridgehead atoms. The molecule has 0 aliphatic carbocycles. The summed E-state index contributed by atoms with van der Waals surface area (Å²) in [6, 6.07) is 0. The van der Waals surface area contributed by atoms with Crippen LogP contribution in [-0.2, 0) is 18.2 Å². The molecule has 2 N–H and O–H groups in total. The number of ether oxygens (including phenoxy) is 1. The van der Waals surface area contributed by atoms with Crippen molar-refractivity contribution in [2.75, 3.05) is 32.8 Å². The minimum atomic E-state index is 0.771. The second-order valence-corrected chi connectivity index (χ2v) is 4.51. The second kappa shape index (κ2) is 10.3. The summed E-state index contributed by atoms with van der Waals surface area (Å²) in [5.74, 6) is 0.868. The van der Waals surface area contributed by atoms with E-state index >= 15 is 0 Å². The summed E-state index contributed by atoms with van der Waals surface area (Å²) in [5.41, 5.74) is 1.23. The van der Waals surface area contributed by atoms with E-state index in [9.17, 15) is 0 Å². The van der Waals surface area contributed by atoms with Crippen LogP contribution in [0.25, 0.3) is 0 Å². The Morgan fingerprint density at radius 3 is 2.90 bits per heavy atom. The van der Waals surface area contributed by atoms with Crippen LogP contribution in [0.15, 0.2) is 17.4 Å². The van der Waals surface area contributed by atoms with Gasteiger partial charge in [0.25, 0.3) is 0 Å². The number of nitrogens with zero attached hydrogens (tertiary/aromatic N) is 3. The fourth-order valence-corrected chi connectivity index (χ4v) is 1.77. The first kappa shape index (κ1) is 16.5. The molecule has 114 valence electrons. The van der Waals surface area contributed by atoms with Gasteiger partial charge in [0.2, 0.25) is 0 Å². The lowest BCUT2D eigenvalue weighted by Crippen LogP contribution is -2.38. The zero-order valence-corrected chi connectivity index (χ0v) is 12.9. The van der Waals surface area contributed by atoms with E-state index in [0.29, 0.717) is 0 Å². The molecule has 0 saturated carbocycles. The molecule has 0 radical (unpaired) electrons. The van der Waals surface area contributed by atoms with Gasteiger partial charge in [0, 0.05) is 46.1 Å². The Morgan fingerprint density at radius 1 is 1.40 bits per heavy atom. The SMILES string of the molecule is CCNC(=NCCCOCC)NCCc1cnn(C)c1. The van der Waals surface area contributed by atoms with Crippen LogP contribution in [0.1, 0.15) is 25.8 Å². The van der Waals surface area contributed by atoms with Crippen molar-refractivity contribution in [3.63, 3.8) is 0 Å². The van der Waals surface area contributed by atoms with E-state index in [4.69, 9.17) is 4.74 Å². The van der Waals surface area contributed by atoms with Crippen LogP contribution in [0.3, 0.4) is 0 Å². The highest BCUT2D eigenvalue weighted by Gasteiger charge is 1.99. The smallest absolute Gasteiger partial charge is 0.191 e. The average molecular weight is 281 g/mol. The maximum absolute atomic E-state index is 5.30. The second-order valence-electron chi connectivity index (χ2n) is 4.51. The number of nitrogens with one attached hydrogen (secondary N) is 2. The van der Waals surface area contributed by atoms with Crippen molar-refractivity contribution in [2.24, 2.45) is 12.0 Å². The van der Waals surface area contributed by atoms with Crippen LogP contribution < -0.4 is 10.6 Å². The third-order valence-corrected chi connectivity index (χ3v) is 2.73. The fourth-order valence-electron chi connectivity index (χ4n) is 1.77. The van der Waals surface area contributed by atoms with Crippen LogP contribution in [0.4, 0.5) is 0 Å². The number of hydrogen-bond acceptors (Lipinski definition) is 3. The lowest BCUT2D eigenvalue weighted by molar-refractivity contribution is 0.146. The molecule has 0 aliphatic heterocycles. The summed E-state index contributed by atoms with van der Waals surface area (Å²) < 4.78 is 7.12. The highest BCUT2D eigenvalue weighted by molar-refractivity contribution is 5.79. The molecule has 0 saturated heterocycles. The van der Waals surface area contributed by atoms with Crippen LogP contribution in [0.2, 0.25) is 0 Å². The first-order valence-corrected chi connectivity index (χ1v) is 7.33. The summed E-state index contributed by atoms with van der Waals surface area (Å²) in [7, 11) is 1.93. The van der Waals surface area contributed by atoms with Gasteiger partial charge >= 0.3 is 0 Å². The van der Waals surface area contributed by atoms with E-state index < -0.39 is 0 Å². The van der Waals surface area contributed by atoms with Crippen molar-refractivity contribution in [3.05, 3.63) is 18.0 Å². The van der Waals surface area contributed by atoms with E-state index in [2.05, 4.69) is 27.6 Å². The lowest BCUT2D eigenvalue weighted by Gasteiger charge is -2.10. The largest absolute Gasteiger partial charge is 0.382 e. The van der Waals surface area contributed by atoms with Crippen molar-refractivity contribution >= 4 is 5.96 Å². The molecule has 0 unspecified atom stereocenters. The predicted molar refractivity (Wildman–Crippen MR) is 82.0 cm³/mol. The number of aliphatic imine (C=N–C) groups is 1. The van der Waals surface area contributed by atoms with Gasteiger partial charge in [-0.05, 0) is 32.3 Å². The molecule has 0 fully saturated rings. The Kier molecular flexibility index (Phi) is 8.46. The molecule has 1 rings (SSSR count). The number of rotatable bonds is 9. The summed E-state index contributed by atoms with van der Waals surface area (Å²) >= 11 is 0. The Balaban J connectivity index is 2.25. The van der Waals surface area contributed by atoms with E-state index in [-0.39, 0.29) is 0 Å². The molecular weight excluding hydrogens is 254 g/mol. The van der Waals surface area contributed by atoms with Crippen molar-refractivity contribution < 1.29 is 4.74 Å². The molecule has 1 aromatic heterocycles. The Bertz CT molecular complexity index is 389. The Hall–Kier alpha value is -1.56. The molecule has 0 atom stereocenters. The van der Waals surface area contributed by atoms with Crippen LogP contribution in [-0.4, -0.2) is 48.6 Å². The topological polar surface area (TPSA) is 63.5 Å². The van der Waals surface area contributed by atoms with Crippen LogP contribution in [0, 0.1) is 0 Å². The molecule has 6 nitrogen and oxygen atoms in total. The molecule has 6 heteroatoms. The summed E-state index contributed by atoms with van der Waals surface area (Å²) in [6.07, 6.45) is 5.83.